The van der Waals surface area contributed by atoms with Gasteiger partial charge in [0, 0.05) is 35.6 Å². The van der Waals surface area contributed by atoms with Gasteiger partial charge in [-0.25, -0.2) is 4.79 Å². The number of ether oxygens (including phenoxy) is 1. The number of hydrogen-bond donors (Lipinski definition) is 2. The lowest BCUT2D eigenvalue weighted by Gasteiger charge is -2.20. The molecule has 0 aliphatic carbocycles. The number of benzene rings is 2. The molecule has 26 heavy (non-hydrogen) atoms. The van der Waals surface area contributed by atoms with Crippen LogP contribution < -0.4 is 10.6 Å². The molecule has 2 aromatic rings. The molecule has 2 N–H and O–H groups in total. The Morgan fingerprint density at radius 3 is 2.19 bits per heavy atom. The number of non-ortho nitro benzene ring substituents is 2. The van der Waals surface area contributed by atoms with Crippen LogP contribution in [-0.4, -0.2) is 28.6 Å². The summed E-state index contributed by atoms with van der Waals surface area (Å²) in [5.74, 6) is -0.627. The molecule has 0 saturated heterocycles. The molecule has 2 rings (SSSR count). The van der Waals surface area contributed by atoms with Crippen LogP contribution in [0.5, 0.6) is 0 Å². The van der Waals surface area contributed by atoms with Crippen LogP contribution in [0.4, 0.5) is 22.7 Å². The lowest BCUT2D eigenvalue weighted by Crippen LogP contribution is -2.38. The number of rotatable bonds is 8. The van der Waals surface area contributed by atoms with Crippen LogP contribution >= 0.6 is 0 Å². The summed E-state index contributed by atoms with van der Waals surface area (Å²) in [6, 6.07) is 11.1. The fourth-order valence-electron chi connectivity index (χ4n) is 2.10. The van der Waals surface area contributed by atoms with Crippen LogP contribution in [0, 0.1) is 20.2 Å². The molecular formula is C16H16N4O6. The molecule has 0 aliphatic heterocycles. The van der Waals surface area contributed by atoms with Crippen molar-refractivity contribution in [2.24, 2.45) is 0 Å². The van der Waals surface area contributed by atoms with Crippen LogP contribution in [0.25, 0.3) is 0 Å². The summed E-state index contributed by atoms with van der Waals surface area (Å²) in [5, 5.41) is 27.2. The molecule has 10 nitrogen and oxygen atoms in total. The average molecular weight is 360 g/mol. The van der Waals surface area contributed by atoms with Crippen LogP contribution in [-0.2, 0) is 9.53 Å². The molecule has 10 heteroatoms. The molecule has 0 radical (unpaired) electrons. The minimum absolute atomic E-state index is 0.0881. The molecule has 0 amide bonds. The summed E-state index contributed by atoms with van der Waals surface area (Å²) in [7, 11) is 0. The molecular weight excluding hydrogens is 344 g/mol. The van der Waals surface area contributed by atoms with E-state index >= 15 is 0 Å². The van der Waals surface area contributed by atoms with Gasteiger partial charge in [-0.3, -0.25) is 20.2 Å². The van der Waals surface area contributed by atoms with E-state index in [0.29, 0.717) is 11.4 Å². The standard InChI is InChI=1S/C16H16N4O6/c1-2-26-16(21)15(17-11-6-8-13(9-7-11)19(22)23)18-12-4-3-5-14(10-12)20(24)25/h3-10,15,17-18H,2H2,1H3. The zero-order chi connectivity index (χ0) is 19.1. The lowest BCUT2D eigenvalue weighted by atomic mass is 10.2. The number of nitro benzene ring substituents is 2. The second-order valence-electron chi connectivity index (χ2n) is 5.09. The van der Waals surface area contributed by atoms with E-state index < -0.39 is 22.0 Å². The first-order chi connectivity index (χ1) is 12.4. The van der Waals surface area contributed by atoms with E-state index in [-0.39, 0.29) is 18.0 Å². The average Bonchev–Trinajstić information content (AvgIpc) is 2.62. The SMILES string of the molecule is CCOC(=O)C(Nc1ccc([N+](=O)[O-])cc1)Nc1cccc([N+](=O)[O-])c1. The highest BCUT2D eigenvalue weighted by Crippen LogP contribution is 2.20. The summed E-state index contributed by atoms with van der Waals surface area (Å²) in [4.78, 5) is 32.6. The van der Waals surface area contributed by atoms with Crippen molar-refractivity contribution < 1.29 is 19.4 Å². The smallest absolute Gasteiger partial charge is 0.349 e. The number of nitrogens with one attached hydrogen (secondary N) is 2. The largest absolute Gasteiger partial charge is 0.463 e. The van der Waals surface area contributed by atoms with Gasteiger partial charge in [-0.2, -0.15) is 0 Å². The molecule has 2 aromatic carbocycles. The van der Waals surface area contributed by atoms with E-state index in [1.807, 2.05) is 0 Å². The Bertz CT molecular complexity index is 809. The van der Waals surface area contributed by atoms with Gasteiger partial charge >= 0.3 is 5.97 Å². The minimum Gasteiger partial charge on any atom is -0.463 e. The Morgan fingerprint density at radius 1 is 1.00 bits per heavy atom. The molecule has 136 valence electrons. The molecule has 0 saturated carbocycles. The molecule has 0 aliphatic rings. The Hall–Kier alpha value is -3.69. The maximum atomic E-state index is 12.2. The Balaban J connectivity index is 2.20. The van der Waals surface area contributed by atoms with Gasteiger partial charge < -0.3 is 15.4 Å². The first-order valence-electron chi connectivity index (χ1n) is 7.59. The first-order valence-corrected chi connectivity index (χ1v) is 7.59. The second-order valence-corrected chi connectivity index (χ2v) is 5.09. The van der Waals surface area contributed by atoms with Crippen molar-refractivity contribution in [1.29, 1.82) is 0 Å². The van der Waals surface area contributed by atoms with E-state index in [4.69, 9.17) is 4.74 Å². The highest BCUT2D eigenvalue weighted by molar-refractivity contribution is 5.82. The zero-order valence-electron chi connectivity index (χ0n) is 13.7. The number of nitro groups is 2. The van der Waals surface area contributed by atoms with Gasteiger partial charge in [-0.05, 0) is 25.1 Å². The van der Waals surface area contributed by atoms with Gasteiger partial charge in [0.2, 0.25) is 0 Å². The van der Waals surface area contributed by atoms with Gasteiger partial charge in [-0.1, -0.05) is 6.07 Å². The molecule has 0 spiro atoms. The van der Waals surface area contributed by atoms with Crippen LogP contribution in [0.15, 0.2) is 48.5 Å². The van der Waals surface area contributed by atoms with Gasteiger partial charge in [-0.15, -0.1) is 0 Å². The van der Waals surface area contributed by atoms with Gasteiger partial charge in [0.15, 0.2) is 6.17 Å². The van der Waals surface area contributed by atoms with E-state index in [0.717, 1.165) is 0 Å². The Labute approximate surface area is 148 Å². The summed E-state index contributed by atoms with van der Waals surface area (Å²) in [6.45, 7) is 1.79. The highest BCUT2D eigenvalue weighted by Gasteiger charge is 2.20. The van der Waals surface area contributed by atoms with Crippen molar-refractivity contribution in [1.82, 2.24) is 0 Å². The predicted octanol–water partition coefficient (Wildman–Crippen LogP) is 2.92. The Kier molecular flexibility index (Phi) is 6.04. The number of anilines is 2. The number of carbonyl (C=O) groups excluding carboxylic acids is 1. The van der Waals surface area contributed by atoms with Gasteiger partial charge in [0.1, 0.15) is 0 Å². The van der Waals surface area contributed by atoms with Crippen molar-refractivity contribution in [3.8, 4) is 0 Å². The van der Waals surface area contributed by atoms with E-state index in [2.05, 4.69) is 10.6 Å². The van der Waals surface area contributed by atoms with Crippen LogP contribution in [0.1, 0.15) is 6.92 Å². The summed E-state index contributed by atoms with van der Waals surface area (Å²) >= 11 is 0. The minimum atomic E-state index is -1.04. The van der Waals surface area contributed by atoms with E-state index in [1.165, 1.54) is 42.5 Å². The van der Waals surface area contributed by atoms with Crippen molar-refractivity contribution >= 4 is 28.7 Å². The van der Waals surface area contributed by atoms with Gasteiger partial charge in [0.25, 0.3) is 11.4 Å². The summed E-state index contributed by atoms with van der Waals surface area (Å²) in [6.07, 6.45) is -1.04. The van der Waals surface area contributed by atoms with Crippen molar-refractivity contribution in [3.05, 3.63) is 68.8 Å². The molecule has 0 heterocycles. The fraction of sp³-hybridized carbons (Fsp3) is 0.188. The normalized spacial score (nSPS) is 11.3. The third-order valence-corrected chi connectivity index (χ3v) is 3.28. The topological polar surface area (TPSA) is 137 Å². The second kappa shape index (κ2) is 8.42. The lowest BCUT2D eigenvalue weighted by molar-refractivity contribution is -0.385. The summed E-state index contributed by atoms with van der Waals surface area (Å²) in [5.41, 5.74) is 0.557. The highest BCUT2D eigenvalue weighted by atomic mass is 16.6. The third-order valence-electron chi connectivity index (χ3n) is 3.28. The fourth-order valence-corrected chi connectivity index (χ4v) is 2.10. The Morgan fingerprint density at radius 2 is 1.62 bits per heavy atom. The molecule has 0 aromatic heterocycles. The molecule has 0 bridgehead atoms. The number of carbonyl (C=O) groups is 1. The number of hydrogen-bond acceptors (Lipinski definition) is 8. The molecule has 1 unspecified atom stereocenters. The number of esters is 1. The third kappa shape index (κ3) is 4.90. The molecule has 0 fully saturated rings. The van der Waals surface area contributed by atoms with Crippen LogP contribution in [0.2, 0.25) is 0 Å². The van der Waals surface area contributed by atoms with Crippen molar-refractivity contribution in [2.75, 3.05) is 17.2 Å². The summed E-state index contributed by atoms with van der Waals surface area (Å²) < 4.78 is 4.98. The van der Waals surface area contributed by atoms with E-state index in [1.54, 1.807) is 13.0 Å². The first kappa shape index (κ1) is 18.6. The van der Waals surface area contributed by atoms with E-state index in [9.17, 15) is 25.0 Å². The van der Waals surface area contributed by atoms with Crippen LogP contribution in [0.3, 0.4) is 0 Å². The maximum Gasteiger partial charge on any atom is 0.349 e. The monoisotopic (exact) mass is 360 g/mol. The zero-order valence-corrected chi connectivity index (χ0v) is 13.7. The quantitative estimate of drug-likeness (QED) is 0.317. The van der Waals surface area contributed by atoms with Gasteiger partial charge in [0.05, 0.1) is 16.5 Å². The predicted molar refractivity (Wildman–Crippen MR) is 93.9 cm³/mol. The van der Waals surface area contributed by atoms with Crippen molar-refractivity contribution in [2.45, 2.75) is 13.1 Å². The molecule has 1 atom stereocenters. The maximum absolute atomic E-state index is 12.2. The number of nitrogens with zero attached hydrogens (tertiary/aromatic N) is 2. The van der Waals surface area contributed by atoms with Crippen molar-refractivity contribution in [3.63, 3.8) is 0 Å².